The number of fused-ring (bicyclic) bond motifs is 2. The summed E-state index contributed by atoms with van der Waals surface area (Å²) in [6, 6.07) is 27.5. The van der Waals surface area contributed by atoms with Gasteiger partial charge in [0.1, 0.15) is 36.1 Å². The van der Waals surface area contributed by atoms with Crippen molar-refractivity contribution in [2.75, 3.05) is 155 Å². The minimum absolute atomic E-state index is 0.00113. The van der Waals surface area contributed by atoms with E-state index >= 15 is 0 Å². The average Bonchev–Trinajstić information content (AvgIpc) is 1.42. The van der Waals surface area contributed by atoms with Crippen LogP contribution in [0.15, 0.2) is 134 Å². The van der Waals surface area contributed by atoms with Crippen molar-refractivity contribution in [2.24, 2.45) is 0 Å². The summed E-state index contributed by atoms with van der Waals surface area (Å²) in [5.74, 6) is -0.151. The fraction of sp³-hybridized carbons (Fsp3) is 0.425. The van der Waals surface area contributed by atoms with Crippen LogP contribution in [0.4, 0.5) is 21.9 Å². The van der Waals surface area contributed by atoms with E-state index in [1.807, 2.05) is 36.4 Å². The molecule has 5 aromatic carbocycles. The number of imide groups is 1. The zero-order valence-corrected chi connectivity index (χ0v) is 63.1. The van der Waals surface area contributed by atoms with Crippen LogP contribution in [0, 0.1) is 0 Å². The molecule has 2 aromatic heterocycles. The zero-order valence-electron chi connectivity index (χ0n) is 63.1. The normalized spacial score (nSPS) is 16.3. The fourth-order valence-corrected chi connectivity index (χ4v) is 13.0. The predicted molar refractivity (Wildman–Crippen MR) is 415 cm³/mol. The number of hydrogen-bond acceptors (Lipinski definition) is 22. The van der Waals surface area contributed by atoms with Crippen LogP contribution in [0.25, 0.3) is 44.8 Å². The van der Waals surface area contributed by atoms with E-state index in [0.717, 1.165) is 107 Å². The lowest BCUT2D eigenvalue weighted by Crippen LogP contribution is -2.52. The summed E-state index contributed by atoms with van der Waals surface area (Å²) in [6.07, 6.45) is 3.50. The number of methoxy groups -OCH3 is 1. The summed E-state index contributed by atoms with van der Waals surface area (Å²) in [5, 5.41) is 10.7. The summed E-state index contributed by atoms with van der Waals surface area (Å²) < 4.78 is 51.8. The van der Waals surface area contributed by atoms with Crippen LogP contribution >= 0.6 is 0 Å². The lowest BCUT2D eigenvalue weighted by atomic mass is 10.1. The van der Waals surface area contributed by atoms with Crippen LogP contribution in [0.2, 0.25) is 0 Å². The molecule has 7 aromatic rings. The maximum atomic E-state index is 14.5. The molecule has 111 heavy (non-hydrogen) atoms. The molecule has 1 unspecified atom stereocenters. The van der Waals surface area contributed by atoms with Gasteiger partial charge in [0, 0.05) is 105 Å². The number of imidazole rings is 2. The molecule has 4 atom stereocenters. The second-order valence-electron chi connectivity index (χ2n) is 27.5. The number of anilines is 3. The first-order valence-electron chi connectivity index (χ1n) is 37.3. The number of amides is 8. The third-order valence-electron chi connectivity index (χ3n) is 19.2. The summed E-state index contributed by atoms with van der Waals surface area (Å²) in [4.78, 5) is 128. The third kappa shape index (κ3) is 22.3. The summed E-state index contributed by atoms with van der Waals surface area (Å²) >= 11 is 0. The molecule has 0 radical (unpaired) electrons. The molecular weight excluding hydrogens is 1430 g/mol. The Morgan fingerprint density at radius 1 is 0.676 bits per heavy atom. The standard InChI is InChI=1S/C80H98N14O17/c1-51(2)73(89-70(96)25-35-104-38-40-106-42-43-107-41-39-105-36-26-82-69(95)24-27-92-71(97)22-23-72(92)98)77(100)83-53(4)76(99)84-57-15-10-54(11-16-57)50-111-80(102)93-32-37-110-79(93)66-44-52(3)49-94(66)78(101)60-47-67(103-6)68(48-61(60)81)109-34-9-7-8-33-108-59-18-12-55(13-19-59)74-85-62-20-14-56(45-64(62)87-74)75-86-63-21-17-58(46-65(63)88-75)91-30-28-90(5)29-31-91/h10-23,45-48,53,66,73,79H,1,3,7-9,24-44,49-50,81H2,2,4-6H3,(H,82,95)(H,83,100)(H,84,99)(H,85,87)(H,86,88)(H,89,96)/t53-,66-,73-,79?/m0/s1. The van der Waals surface area contributed by atoms with Crippen LogP contribution < -0.4 is 46.1 Å². The maximum absolute atomic E-state index is 14.5. The third-order valence-corrected chi connectivity index (χ3v) is 19.2. The Balaban J connectivity index is 0.541. The zero-order chi connectivity index (χ0) is 78.3. The number of nitrogen functional groups attached to an aromatic ring is 1. The van der Waals surface area contributed by atoms with E-state index in [0.29, 0.717) is 74.4 Å². The molecule has 8 N–H and O–H groups in total. The second kappa shape index (κ2) is 39.4. The van der Waals surface area contributed by atoms with Gasteiger partial charge in [-0.05, 0) is 137 Å². The number of nitrogens with zero attached hydrogens (tertiary/aromatic N) is 7. The number of rotatable bonds is 40. The highest BCUT2D eigenvalue weighted by Gasteiger charge is 2.45. The lowest BCUT2D eigenvalue weighted by Gasteiger charge is -2.34. The van der Waals surface area contributed by atoms with Gasteiger partial charge in [-0.15, -0.1) is 0 Å². The first-order valence-corrected chi connectivity index (χ1v) is 37.3. The van der Waals surface area contributed by atoms with Gasteiger partial charge in [-0.3, -0.25) is 43.4 Å². The topological polar surface area (TPSA) is 367 Å². The molecule has 3 fully saturated rings. The smallest absolute Gasteiger partial charge is 0.412 e. The summed E-state index contributed by atoms with van der Waals surface area (Å²) in [5.41, 5.74) is 15.9. The van der Waals surface area contributed by atoms with Crippen LogP contribution in [0.3, 0.4) is 0 Å². The molecule has 0 bridgehead atoms. The number of ether oxygens (including phenoxy) is 9. The number of aromatic nitrogens is 4. The number of hydrogen-bond donors (Lipinski definition) is 7. The number of carbonyl (C=O) groups excluding carboxylic acids is 8. The number of unbranched alkanes of at least 4 members (excludes halogenated alkanes) is 2. The van der Waals surface area contributed by atoms with Gasteiger partial charge >= 0.3 is 6.09 Å². The molecule has 590 valence electrons. The van der Waals surface area contributed by atoms with E-state index in [1.54, 1.807) is 48.2 Å². The van der Waals surface area contributed by atoms with E-state index in [-0.39, 0.29) is 95.8 Å². The average molecular weight is 1530 g/mol. The van der Waals surface area contributed by atoms with Gasteiger partial charge < -0.3 is 94.3 Å². The molecular formula is C80H98N14O17. The molecule has 31 heteroatoms. The van der Waals surface area contributed by atoms with Crippen molar-refractivity contribution in [1.82, 2.24) is 55.5 Å². The van der Waals surface area contributed by atoms with Gasteiger partial charge in [0.05, 0.1) is 120 Å². The van der Waals surface area contributed by atoms with Crippen molar-refractivity contribution >= 4 is 86.6 Å². The molecule has 0 aliphatic carbocycles. The first kappa shape index (κ1) is 80.8. The van der Waals surface area contributed by atoms with Crippen molar-refractivity contribution in [3.05, 3.63) is 145 Å². The molecule has 0 spiro atoms. The highest BCUT2D eigenvalue weighted by Crippen LogP contribution is 2.37. The number of benzene rings is 5. The van der Waals surface area contributed by atoms with Gasteiger partial charge in [0.2, 0.25) is 23.6 Å². The number of H-pyrrole nitrogens is 2. The Hall–Kier alpha value is -11.2. The van der Waals surface area contributed by atoms with Crippen LogP contribution in [0.1, 0.15) is 68.3 Å². The van der Waals surface area contributed by atoms with Crippen molar-refractivity contribution in [1.29, 1.82) is 0 Å². The van der Waals surface area contributed by atoms with Gasteiger partial charge in [0.15, 0.2) is 17.7 Å². The Kier molecular flexibility index (Phi) is 28.7. The number of nitrogens with one attached hydrogen (secondary N) is 6. The van der Waals surface area contributed by atoms with Gasteiger partial charge in [0.25, 0.3) is 17.7 Å². The van der Waals surface area contributed by atoms with E-state index in [1.165, 1.54) is 36.8 Å². The van der Waals surface area contributed by atoms with Crippen LogP contribution in [-0.4, -0.2) is 251 Å². The Bertz CT molecular complexity index is 4460. The largest absolute Gasteiger partial charge is 0.494 e. The predicted octanol–water partition coefficient (Wildman–Crippen LogP) is 6.90. The molecule has 4 aliphatic rings. The van der Waals surface area contributed by atoms with Crippen LogP contribution in [-0.2, 0) is 63.8 Å². The Morgan fingerprint density at radius 2 is 1.32 bits per heavy atom. The first-order chi connectivity index (χ1) is 53.7. The molecule has 31 nitrogen and oxygen atoms in total. The van der Waals surface area contributed by atoms with Crippen molar-refractivity contribution in [3.63, 3.8) is 0 Å². The summed E-state index contributed by atoms with van der Waals surface area (Å²) in [6.45, 7) is 18.9. The van der Waals surface area contributed by atoms with E-state index in [4.69, 9.17) is 58.3 Å². The van der Waals surface area contributed by atoms with E-state index < -0.39 is 65.9 Å². The molecule has 8 amide bonds. The van der Waals surface area contributed by atoms with Gasteiger partial charge in [-0.1, -0.05) is 30.9 Å². The molecule has 0 saturated carbocycles. The van der Waals surface area contributed by atoms with Gasteiger partial charge in [-0.2, -0.15) is 0 Å². The highest BCUT2D eigenvalue weighted by molar-refractivity contribution is 6.13. The fourth-order valence-electron chi connectivity index (χ4n) is 13.0. The maximum Gasteiger partial charge on any atom is 0.412 e. The lowest BCUT2D eigenvalue weighted by molar-refractivity contribution is -0.137. The minimum Gasteiger partial charge on any atom is -0.494 e. The van der Waals surface area contributed by atoms with Crippen molar-refractivity contribution in [3.8, 4) is 40.0 Å². The second-order valence-corrected chi connectivity index (χ2v) is 27.5. The van der Waals surface area contributed by atoms with E-state index in [9.17, 15) is 38.4 Å². The number of likely N-dealkylation sites (N-methyl/N-ethyl adjacent to an activating group) is 1. The highest BCUT2D eigenvalue weighted by atomic mass is 16.6. The summed E-state index contributed by atoms with van der Waals surface area (Å²) in [7, 11) is 3.66. The number of likely N-dealkylation sites (tertiary alicyclic amines) is 1. The Morgan fingerprint density at radius 3 is 2.00 bits per heavy atom. The number of carbonyl (C=O) groups is 8. The van der Waals surface area contributed by atoms with Crippen molar-refractivity contribution < 1.29 is 81.0 Å². The minimum atomic E-state index is -1.12. The molecule has 3 saturated heterocycles. The number of nitrogens with two attached hydrogens (primary N) is 1. The molecule has 4 aliphatic heterocycles. The SMILES string of the molecule is C=C1C[C@@H](C2OCCN2C(=O)OCc2ccc(NC(=O)[C@H](C)NC(=O)[C@@H](NC(=O)CCOCCOCCOCCOCCNC(=O)CCN3C(=O)C=CC3=O)C(=C)C)cc2)N(C(=O)c2cc(OC)c(OCCCCCOc3ccc(-c4nc5ccc(-c6nc7ccc(N8CCN(C)CC8)cc7[nH]6)cc5[nH]4)cc3)cc2N)C1. The molecule has 11 rings (SSSR count). The van der Waals surface area contributed by atoms with E-state index in [2.05, 4.69) is 85.5 Å². The van der Waals surface area contributed by atoms with Gasteiger partial charge in [-0.25, -0.2) is 14.8 Å². The number of piperazine rings is 1. The molecule has 6 heterocycles. The number of aromatic amines is 2. The van der Waals surface area contributed by atoms with Crippen molar-refractivity contribution in [2.45, 2.75) is 83.3 Å². The Labute approximate surface area is 643 Å². The quantitative estimate of drug-likeness (QED) is 0.00888. The van der Waals surface area contributed by atoms with Crippen LogP contribution in [0.5, 0.6) is 17.2 Å². The monoisotopic (exact) mass is 1530 g/mol.